The summed E-state index contributed by atoms with van der Waals surface area (Å²) in [7, 11) is 0. The summed E-state index contributed by atoms with van der Waals surface area (Å²) in [5.74, 6) is -0.394. The van der Waals surface area contributed by atoms with Crippen LogP contribution in [-0.2, 0) is 0 Å². The maximum absolute atomic E-state index is 13.9. The first-order valence-corrected chi connectivity index (χ1v) is 7.21. The minimum atomic E-state index is -0.511. The van der Waals surface area contributed by atoms with Gasteiger partial charge in [0.15, 0.2) is 0 Å². The summed E-state index contributed by atoms with van der Waals surface area (Å²) < 4.78 is 14.5. The van der Waals surface area contributed by atoms with Gasteiger partial charge in [-0.05, 0) is 31.2 Å². The molecule has 0 saturated carbocycles. The summed E-state index contributed by atoms with van der Waals surface area (Å²) in [6.07, 6.45) is 0. The average Bonchev–Trinajstić information content (AvgIpc) is 2.37. The zero-order valence-corrected chi connectivity index (χ0v) is 13.3. The lowest BCUT2D eigenvalue weighted by atomic mass is 10.1. The van der Waals surface area contributed by atoms with Crippen molar-refractivity contribution in [1.82, 2.24) is 0 Å². The molecule has 1 N–H and O–H groups in total. The number of nitrogens with one attached hydrogen (secondary N) is 1. The summed E-state index contributed by atoms with van der Waals surface area (Å²) in [6, 6.07) is 8.43. The number of halogens is 3. The molecule has 0 aliphatic rings. The summed E-state index contributed by atoms with van der Waals surface area (Å²) in [6.45, 7) is 1.72. The van der Waals surface area contributed by atoms with Gasteiger partial charge in [0, 0.05) is 21.1 Å². The minimum absolute atomic E-state index is 0.108. The Bertz CT molecular complexity index is 697. The number of hydrogen-bond acceptors (Lipinski definition) is 3. The van der Waals surface area contributed by atoms with Crippen molar-refractivity contribution < 1.29 is 9.31 Å². The second kappa shape index (κ2) is 6.41. The molecular formula is C14H11BrClFN2O2. The summed E-state index contributed by atoms with van der Waals surface area (Å²) in [5.41, 5.74) is 0.554. The Labute approximate surface area is 134 Å². The third-order valence-corrected chi connectivity index (χ3v) is 3.68. The van der Waals surface area contributed by atoms with Gasteiger partial charge in [-0.25, -0.2) is 4.39 Å². The lowest BCUT2D eigenvalue weighted by Gasteiger charge is -2.16. The Morgan fingerprint density at radius 1 is 1.33 bits per heavy atom. The van der Waals surface area contributed by atoms with Gasteiger partial charge in [0.25, 0.3) is 5.69 Å². The molecule has 0 bridgehead atoms. The Morgan fingerprint density at radius 2 is 2.05 bits per heavy atom. The van der Waals surface area contributed by atoms with Gasteiger partial charge in [-0.1, -0.05) is 33.6 Å². The molecule has 0 aliphatic heterocycles. The number of benzene rings is 2. The van der Waals surface area contributed by atoms with E-state index in [-0.39, 0.29) is 11.4 Å². The zero-order chi connectivity index (χ0) is 15.6. The van der Waals surface area contributed by atoms with Crippen molar-refractivity contribution in [1.29, 1.82) is 0 Å². The van der Waals surface area contributed by atoms with E-state index in [1.54, 1.807) is 19.1 Å². The van der Waals surface area contributed by atoms with Crippen LogP contribution in [0, 0.1) is 15.9 Å². The largest absolute Gasteiger partial charge is 0.373 e. The van der Waals surface area contributed by atoms with Gasteiger partial charge in [0.1, 0.15) is 11.5 Å². The molecule has 2 rings (SSSR count). The molecule has 0 aliphatic carbocycles. The molecule has 110 valence electrons. The van der Waals surface area contributed by atoms with Crippen LogP contribution in [0.15, 0.2) is 40.9 Å². The third-order valence-electron chi connectivity index (χ3n) is 2.96. The standard InChI is InChI=1S/C14H11BrClFN2O2/c1-8(11-4-2-9(15)6-12(11)17)18-13-7-10(16)3-5-14(13)19(20)21/h2-8,18H,1H3. The highest BCUT2D eigenvalue weighted by molar-refractivity contribution is 9.10. The van der Waals surface area contributed by atoms with E-state index < -0.39 is 16.8 Å². The van der Waals surface area contributed by atoms with Crippen LogP contribution in [0.25, 0.3) is 0 Å². The molecule has 2 aromatic carbocycles. The third kappa shape index (κ3) is 3.71. The monoisotopic (exact) mass is 372 g/mol. The molecule has 1 unspecified atom stereocenters. The number of nitro groups is 1. The van der Waals surface area contributed by atoms with Crippen molar-refractivity contribution in [2.24, 2.45) is 0 Å². The van der Waals surface area contributed by atoms with E-state index in [0.717, 1.165) is 0 Å². The lowest BCUT2D eigenvalue weighted by molar-refractivity contribution is -0.384. The van der Waals surface area contributed by atoms with Crippen LogP contribution >= 0.6 is 27.5 Å². The van der Waals surface area contributed by atoms with Gasteiger partial charge in [-0.15, -0.1) is 0 Å². The number of hydrogen-bond donors (Lipinski definition) is 1. The molecule has 0 heterocycles. The predicted octanol–water partition coefficient (Wildman–Crippen LogP) is 5.32. The van der Waals surface area contributed by atoms with Crippen LogP contribution in [0.1, 0.15) is 18.5 Å². The van der Waals surface area contributed by atoms with E-state index in [2.05, 4.69) is 21.2 Å². The minimum Gasteiger partial charge on any atom is -0.373 e. The van der Waals surface area contributed by atoms with E-state index in [1.165, 1.54) is 24.3 Å². The molecule has 0 saturated heterocycles. The second-order valence-corrected chi connectivity index (χ2v) is 5.80. The Morgan fingerprint density at radius 3 is 2.67 bits per heavy atom. The molecule has 1 atom stereocenters. The van der Waals surface area contributed by atoms with E-state index in [4.69, 9.17) is 11.6 Å². The number of anilines is 1. The first-order valence-electron chi connectivity index (χ1n) is 6.04. The number of nitrogens with zero attached hydrogens (tertiary/aromatic N) is 1. The summed E-state index contributed by atoms with van der Waals surface area (Å²) in [4.78, 5) is 10.5. The quantitative estimate of drug-likeness (QED) is 0.582. The van der Waals surface area contributed by atoms with Crippen molar-refractivity contribution in [3.63, 3.8) is 0 Å². The van der Waals surface area contributed by atoms with E-state index >= 15 is 0 Å². The van der Waals surface area contributed by atoms with E-state index in [0.29, 0.717) is 15.1 Å². The SMILES string of the molecule is CC(Nc1cc(Cl)ccc1[N+](=O)[O-])c1ccc(Br)cc1F. The van der Waals surface area contributed by atoms with Crippen LogP contribution in [0.5, 0.6) is 0 Å². The maximum atomic E-state index is 13.9. The maximum Gasteiger partial charge on any atom is 0.292 e. The van der Waals surface area contributed by atoms with Crippen LogP contribution in [0.3, 0.4) is 0 Å². The number of rotatable bonds is 4. The molecule has 0 radical (unpaired) electrons. The molecule has 0 aromatic heterocycles. The Hall–Kier alpha value is -1.66. The van der Waals surface area contributed by atoms with Crippen LogP contribution in [-0.4, -0.2) is 4.92 Å². The van der Waals surface area contributed by atoms with Crippen LogP contribution < -0.4 is 5.32 Å². The van der Waals surface area contributed by atoms with Crippen molar-refractivity contribution in [3.05, 3.63) is 67.4 Å². The van der Waals surface area contributed by atoms with Gasteiger partial charge < -0.3 is 5.32 Å². The highest BCUT2D eigenvalue weighted by atomic mass is 79.9. The van der Waals surface area contributed by atoms with Crippen molar-refractivity contribution in [3.8, 4) is 0 Å². The van der Waals surface area contributed by atoms with Gasteiger partial charge in [0.05, 0.1) is 11.0 Å². The first-order chi connectivity index (χ1) is 9.88. The molecule has 0 fully saturated rings. The smallest absolute Gasteiger partial charge is 0.292 e. The van der Waals surface area contributed by atoms with E-state index in [9.17, 15) is 14.5 Å². The summed E-state index contributed by atoms with van der Waals surface area (Å²) >= 11 is 9.05. The normalized spacial score (nSPS) is 12.0. The van der Waals surface area contributed by atoms with Crippen molar-refractivity contribution in [2.45, 2.75) is 13.0 Å². The molecular weight excluding hydrogens is 363 g/mol. The zero-order valence-electron chi connectivity index (χ0n) is 10.9. The highest BCUT2D eigenvalue weighted by Gasteiger charge is 2.18. The average molecular weight is 374 g/mol. The predicted molar refractivity (Wildman–Crippen MR) is 84.2 cm³/mol. The van der Waals surface area contributed by atoms with Crippen LogP contribution in [0.4, 0.5) is 15.8 Å². The molecule has 0 amide bonds. The van der Waals surface area contributed by atoms with Gasteiger partial charge in [-0.2, -0.15) is 0 Å². The fourth-order valence-corrected chi connectivity index (χ4v) is 2.45. The van der Waals surface area contributed by atoms with Crippen molar-refractivity contribution in [2.75, 3.05) is 5.32 Å². The summed E-state index contributed by atoms with van der Waals surface area (Å²) in [5, 5.41) is 14.3. The molecule has 2 aromatic rings. The van der Waals surface area contributed by atoms with E-state index in [1.807, 2.05) is 0 Å². The topological polar surface area (TPSA) is 55.2 Å². The molecule has 0 spiro atoms. The van der Waals surface area contributed by atoms with Crippen molar-refractivity contribution >= 4 is 38.9 Å². The highest BCUT2D eigenvalue weighted by Crippen LogP contribution is 2.31. The lowest BCUT2D eigenvalue weighted by Crippen LogP contribution is -2.10. The first kappa shape index (κ1) is 15.7. The molecule has 21 heavy (non-hydrogen) atoms. The molecule has 7 heteroatoms. The van der Waals surface area contributed by atoms with Gasteiger partial charge in [0.2, 0.25) is 0 Å². The fraction of sp³-hybridized carbons (Fsp3) is 0.143. The Kier molecular flexibility index (Phi) is 4.80. The van der Waals surface area contributed by atoms with Gasteiger partial charge >= 0.3 is 0 Å². The van der Waals surface area contributed by atoms with Gasteiger partial charge in [-0.3, -0.25) is 10.1 Å². The van der Waals surface area contributed by atoms with Crippen LogP contribution in [0.2, 0.25) is 5.02 Å². The number of nitro benzene ring substituents is 1. The Balaban J connectivity index is 2.33. The fourth-order valence-electron chi connectivity index (χ4n) is 1.95. The second-order valence-electron chi connectivity index (χ2n) is 4.45. The molecule has 4 nitrogen and oxygen atoms in total.